The van der Waals surface area contributed by atoms with Crippen LogP contribution in [0.2, 0.25) is 0 Å². The van der Waals surface area contributed by atoms with Crippen LogP contribution in [-0.4, -0.2) is 56.7 Å². The monoisotopic (exact) mass is 463 g/mol. The van der Waals surface area contributed by atoms with Crippen molar-refractivity contribution in [3.8, 4) is 39.9 Å². The highest BCUT2D eigenvalue weighted by Gasteiger charge is 2.43. The number of nitrogens with one attached hydrogen (secondary N) is 1. The van der Waals surface area contributed by atoms with E-state index in [0.29, 0.717) is 36.2 Å². The quantitative estimate of drug-likeness (QED) is 0.481. The molecule has 6 rings (SSSR count). The van der Waals surface area contributed by atoms with E-state index in [1.54, 1.807) is 18.5 Å². The summed E-state index contributed by atoms with van der Waals surface area (Å²) in [5.74, 6) is -0.304. The lowest BCUT2D eigenvalue weighted by Gasteiger charge is -2.17. The average molecular weight is 463 g/mol. The maximum Gasteiger partial charge on any atom is 0.213 e. The Kier molecular flexibility index (Phi) is 5.23. The van der Waals surface area contributed by atoms with E-state index in [1.807, 2.05) is 18.2 Å². The highest BCUT2D eigenvalue weighted by atomic mass is 19.1. The molecular formula is C24H19F2N5O3. The van der Waals surface area contributed by atoms with Crippen LogP contribution in [0.15, 0.2) is 54.9 Å². The van der Waals surface area contributed by atoms with Gasteiger partial charge in [-0.2, -0.15) is 5.10 Å². The van der Waals surface area contributed by atoms with Crippen LogP contribution in [0.4, 0.5) is 8.78 Å². The summed E-state index contributed by atoms with van der Waals surface area (Å²) in [4.78, 5) is 13.2. The largest absolute Gasteiger partial charge is 0.469 e. The Morgan fingerprint density at radius 2 is 1.85 bits per heavy atom. The number of ether oxygens (including phenoxy) is 3. The summed E-state index contributed by atoms with van der Waals surface area (Å²) in [5.41, 5.74) is 2.32. The zero-order valence-electron chi connectivity index (χ0n) is 17.8. The molecule has 10 heteroatoms. The Hall–Kier alpha value is -3.76. The van der Waals surface area contributed by atoms with E-state index in [4.69, 9.17) is 14.2 Å². The van der Waals surface area contributed by atoms with Gasteiger partial charge in [0.1, 0.15) is 17.7 Å². The Morgan fingerprint density at radius 3 is 2.65 bits per heavy atom. The summed E-state index contributed by atoms with van der Waals surface area (Å²) >= 11 is 0. The van der Waals surface area contributed by atoms with Gasteiger partial charge in [-0.25, -0.2) is 18.7 Å². The number of pyridine rings is 2. The maximum atomic E-state index is 14.0. The minimum Gasteiger partial charge on any atom is -0.469 e. The van der Waals surface area contributed by atoms with E-state index >= 15 is 0 Å². The molecule has 0 radical (unpaired) electrons. The molecule has 2 aliphatic rings. The first kappa shape index (κ1) is 20.8. The van der Waals surface area contributed by atoms with Crippen molar-refractivity contribution in [1.29, 1.82) is 0 Å². The van der Waals surface area contributed by atoms with Crippen molar-refractivity contribution >= 4 is 0 Å². The third-order valence-corrected chi connectivity index (χ3v) is 5.92. The van der Waals surface area contributed by atoms with Crippen molar-refractivity contribution in [2.24, 2.45) is 0 Å². The fourth-order valence-electron chi connectivity index (χ4n) is 4.18. The molecule has 2 aliphatic heterocycles. The van der Waals surface area contributed by atoms with Gasteiger partial charge in [0.2, 0.25) is 5.88 Å². The first-order chi connectivity index (χ1) is 16.6. The number of rotatable bonds is 5. The maximum absolute atomic E-state index is 14.0. The number of nitrogens with zero attached hydrogens (tertiary/aromatic N) is 4. The molecule has 0 bridgehead atoms. The van der Waals surface area contributed by atoms with Gasteiger partial charge in [0.25, 0.3) is 0 Å². The predicted octanol–water partition coefficient (Wildman–Crippen LogP) is 3.81. The molecule has 4 aromatic rings. The van der Waals surface area contributed by atoms with Gasteiger partial charge in [0.15, 0.2) is 17.8 Å². The Labute approximate surface area is 193 Å². The second-order valence-electron chi connectivity index (χ2n) is 8.10. The third-order valence-electron chi connectivity index (χ3n) is 5.92. The van der Waals surface area contributed by atoms with Crippen LogP contribution < -0.4 is 4.74 Å². The highest BCUT2D eigenvalue weighted by molar-refractivity contribution is 5.64. The fraction of sp³-hybridized carbons (Fsp3) is 0.250. The number of aromatic nitrogens is 5. The zero-order valence-corrected chi connectivity index (χ0v) is 17.8. The minimum absolute atomic E-state index is 0.0357. The molecule has 3 aromatic heterocycles. The van der Waals surface area contributed by atoms with Crippen LogP contribution in [0.1, 0.15) is 6.42 Å². The molecule has 5 heterocycles. The number of hydrogen-bond acceptors (Lipinski definition) is 7. The molecule has 0 saturated carbocycles. The van der Waals surface area contributed by atoms with E-state index in [1.165, 1.54) is 12.1 Å². The van der Waals surface area contributed by atoms with Gasteiger partial charge in [0, 0.05) is 42.3 Å². The lowest BCUT2D eigenvalue weighted by atomic mass is 10.1. The van der Waals surface area contributed by atoms with Crippen LogP contribution in [0, 0.1) is 11.6 Å². The summed E-state index contributed by atoms with van der Waals surface area (Å²) < 4.78 is 44.5. The molecule has 0 spiro atoms. The number of benzene rings is 1. The molecule has 1 aromatic carbocycles. The number of halogens is 2. The second-order valence-corrected chi connectivity index (χ2v) is 8.10. The van der Waals surface area contributed by atoms with Crippen LogP contribution >= 0.6 is 0 Å². The summed E-state index contributed by atoms with van der Waals surface area (Å²) in [7, 11) is 0. The number of hydrogen-bond donors (Lipinski definition) is 1. The normalized spacial score (nSPS) is 21.5. The molecule has 0 amide bonds. The van der Waals surface area contributed by atoms with Gasteiger partial charge in [-0.15, -0.1) is 0 Å². The van der Waals surface area contributed by atoms with Gasteiger partial charge >= 0.3 is 0 Å². The van der Waals surface area contributed by atoms with Gasteiger partial charge in [-0.3, -0.25) is 10.1 Å². The van der Waals surface area contributed by atoms with E-state index < -0.39 is 11.6 Å². The predicted molar refractivity (Wildman–Crippen MR) is 117 cm³/mol. The second kappa shape index (κ2) is 8.54. The number of aromatic amines is 1. The van der Waals surface area contributed by atoms with E-state index in [9.17, 15) is 8.78 Å². The van der Waals surface area contributed by atoms with Gasteiger partial charge in [-0.05, 0) is 36.8 Å². The standard InChI is InChI=1S/C24H19F2N5O3/c25-15-3-4-16(17(26)9-15)24-29-23(30-31-24)14-1-5-18(27-11-14)13-2-6-21(28-10-13)34-20-12-33-19-7-8-32-22(19)20/h1-6,9-11,19-20,22H,7-8,12H2,(H,29,30,31). The van der Waals surface area contributed by atoms with E-state index in [2.05, 4.69) is 25.1 Å². The molecule has 1 N–H and O–H groups in total. The topological polar surface area (TPSA) is 95.0 Å². The smallest absolute Gasteiger partial charge is 0.213 e. The zero-order chi connectivity index (χ0) is 23.1. The lowest BCUT2D eigenvalue weighted by Crippen LogP contribution is -2.32. The molecule has 172 valence electrons. The summed E-state index contributed by atoms with van der Waals surface area (Å²) in [6, 6.07) is 10.6. The molecule has 3 atom stereocenters. The summed E-state index contributed by atoms with van der Waals surface area (Å²) in [6.45, 7) is 1.19. The van der Waals surface area contributed by atoms with E-state index in [-0.39, 0.29) is 29.7 Å². The first-order valence-corrected chi connectivity index (χ1v) is 10.8. The van der Waals surface area contributed by atoms with Gasteiger partial charge in [-0.1, -0.05) is 0 Å². The molecule has 3 unspecified atom stereocenters. The Bertz CT molecular complexity index is 1310. The minimum atomic E-state index is -0.716. The third kappa shape index (κ3) is 3.91. The molecule has 2 fully saturated rings. The molecule has 2 saturated heterocycles. The summed E-state index contributed by atoms with van der Waals surface area (Å²) in [5, 5.41) is 6.81. The number of H-pyrrole nitrogens is 1. The molecular weight excluding hydrogens is 444 g/mol. The SMILES string of the molecule is Fc1ccc(-c2nc(-c3ccc(-c4ccc(OC5COC6CCOC65)nc4)nc3)n[nH]2)c(F)c1. The van der Waals surface area contributed by atoms with E-state index in [0.717, 1.165) is 18.1 Å². The van der Waals surface area contributed by atoms with Gasteiger partial charge < -0.3 is 14.2 Å². The van der Waals surface area contributed by atoms with Crippen molar-refractivity contribution < 1.29 is 23.0 Å². The van der Waals surface area contributed by atoms with Crippen LogP contribution in [0.5, 0.6) is 5.88 Å². The van der Waals surface area contributed by atoms with Gasteiger partial charge in [0.05, 0.1) is 24.0 Å². The fourth-order valence-corrected chi connectivity index (χ4v) is 4.18. The van der Waals surface area contributed by atoms with Crippen LogP contribution in [0.25, 0.3) is 34.0 Å². The molecule has 8 nitrogen and oxygen atoms in total. The Balaban J connectivity index is 1.15. The Morgan fingerprint density at radius 1 is 0.971 bits per heavy atom. The summed E-state index contributed by atoms with van der Waals surface area (Å²) in [6.07, 6.45) is 4.14. The van der Waals surface area contributed by atoms with Crippen molar-refractivity contribution in [3.63, 3.8) is 0 Å². The van der Waals surface area contributed by atoms with Crippen molar-refractivity contribution in [2.45, 2.75) is 24.7 Å². The molecule has 34 heavy (non-hydrogen) atoms. The van der Waals surface area contributed by atoms with Crippen LogP contribution in [-0.2, 0) is 9.47 Å². The van der Waals surface area contributed by atoms with Crippen molar-refractivity contribution in [2.75, 3.05) is 13.2 Å². The highest BCUT2D eigenvalue weighted by Crippen LogP contribution is 2.30. The average Bonchev–Trinajstić information content (AvgIpc) is 3.59. The van der Waals surface area contributed by atoms with Crippen LogP contribution in [0.3, 0.4) is 0 Å². The molecule has 0 aliphatic carbocycles. The first-order valence-electron chi connectivity index (χ1n) is 10.8. The van der Waals surface area contributed by atoms with Crippen molar-refractivity contribution in [1.82, 2.24) is 25.1 Å². The lowest BCUT2D eigenvalue weighted by molar-refractivity contribution is 0.0289. The van der Waals surface area contributed by atoms with Crippen molar-refractivity contribution in [3.05, 3.63) is 66.5 Å². The number of fused-ring (bicyclic) bond motifs is 1.